The molecule has 0 aliphatic carbocycles. The Labute approximate surface area is 127 Å². The molecule has 1 aliphatic heterocycles. The monoisotopic (exact) mass is 295 g/mol. The SMILES string of the molecule is C#CCOCCC(C)(C)OCC(C)(C)N1C(=O)CCC1=O. The van der Waals surface area contributed by atoms with Gasteiger partial charge in [0.15, 0.2) is 0 Å². The van der Waals surface area contributed by atoms with Crippen molar-refractivity contribution in [1.29, 1.82) is 0 Å². The molecule has 1 rings (SSSR count). The van der Waals surface area contributed by atoms with Crippen molar-refractivity contribution in [1.82, 2.24) is 4.90 Å². The normalized spacial score (nSPS) is 16.4. The summed E-state index contributed by atoms with van der Waals surface area (Å²) in [6.45, 7) is 8.70. The second-order valence-electron chi connectivity index (χ2n) is 6.49. The van der Waals surface area contributed by atoms with Crippen molar-refractivity contribution < 1.29 is 19.1 Å². The third-order valence-corrected chi connectivity index (χ3v) is 3.51. The van der Waals surface area contributed by atoms with Crippen molar-refractivity contribution in [3.63, 3.8) is 0 Å². The summed E-state index contributed by atoms with van der Waals surface area (Å²) in [5.41, 5.74) is -1.04. The number of ether oxygens (including phenoxy) is 2. The van der Waals surface area contributed by atoms with Crippen molar-refractivity contribution in [2.45, 2.75) is 58.1 Å². The molecule has 1 aliphatic rings. The maximum absolute atomic E-state index is 11.8. The lowest BCUT2D eigenvalue weighted by molar-refractivity contribution is -0.150. The predicted octanol–water partition coefficient (Wildman–Crippen LogP) is 1.75. The van der Waals surface area contributed by atoms with Crippen LogP contribution in [0.5, 0.6) is 0 Å². The molecule has 21 heavy (non-hydrogen) atoms. The Bertz CT molecular complexity index is 418. The molecule has 1 saturated heterocycles. The Morgan fingerprint density at radius 3 is 2.29 bits per heavy atom. The van der Waals surface area contributed by atoms with Crippen molar-refractivity contribution in [2.24, 2.45) is 0 Å². The van der Waals surface area contributed by atoms with Crippen molar-refractivity contribution in [2.75, 3.05) is 19.8 Å². The summed E-state index contributed by atoms with van der Waals surface area (Å²) in [4.78, 5) is 25.0. The van der Waals surface area contributed by atoms with Crippen LogP contribution in [0.1, 0.15) is 47.0 Å². The minimum atomic E-state index is -0.637. The van der Waals surface area contributed by atoms with Crippen LogP contribution in [0.25, 0.3) is 0 Å². The van der Waals surface area contributed by atoms with Gasteiger partial charge in [-0.1, -0.05) is 5.92 Å². The highest BCUT2D eigenvalue weighted by molar-refractivity contribution is 6.02. The molecule has 0 spiro atoms. The Kier molecular flexibility index (Phi) is 5.94. The minimum Gasteiger partial charge on any atom is -0.373 e. The van der Waals surface area contributed by atoms with E-state index < -0.39 is 11.1 Å². The lowest BCUT2D eigenvalue weighted by Crippen LogP contribution is -2.51. The summed E-state index contributed by atoms with van der Waals surface area (Å²) in [6, 6.07) is 0. The Balaban J connectivity index is 2.50. The highest BCUT2D eigenvalue weighted by Gasteiger charge is 2.41. The van der Waals surface area contributed by atoms with Crippen molar-refractivity contribution >= 4 is 11.8 Å². The second-order valence-corrected chi connectivity index (χ2v) is 6.49. The van der Waals surface area contributed by atoms with Crippen LogP contribution in [0.3, 0.4) is 0 Å². The standard InChI is InChI=1S/C16H25NO4/c1-6-10-20-11-9-16(4,5)21-12-15(2,3)17-13(18)7-8-14(17)19/h1H,7-12H2,2-5H3. The Hall–Kier alpha value is -1.38. The molecule has 0 unspecified atom stereocenters. The fraction of sp³-hybridized carbons (Fsp3) is 0.750. The zero-order valence-electron chi connectivity index (χ0n) is 13.4. The van der Waals surface area contributed by atoms with Gasteiger partial charge in [0.1, 0.15) is 6.61 Å². The van der Waals surface area contributed by atoms with Gasteiger partial charge < -0.3 is 9.47 Å². The van der Waals surface area contributed by atoms with Crippen LogP contribution in [0.15, 0.2) is 0 Å². The van der Waals surface area contributed by atoms with Gasteiger partial charge >= 0.3 is 0 Å². The van der Waals surface area contributed by atoms with E-state index in [-0.39, 0.29) is 11.8 Å². The summed E-state index contributed by atoms with van der Waals surface area (Å²) in [5.74, 6) is 2.17. The lowest BCUT2D eigenvalue weighted by atomic mass is 10.0. The van der Waals surface area contributed by atoms with E-state index >= 15 is 0 Å². The molecule has 0 aromatic carbocycles. The van der Waals surface area contributed by atoms with Crippen molar-refractivity contribution in [3.05, 3.63) is 0 Å². The van der Waals surface area contributed by atoms with Crippen LogP contribution in [0.2, 0.25) is 0 Å². The molecule has 0 radical (unpaired) electrons. The van der Waals surface area contributed by atoms with Gasteiger partial charge in [0.2, 0.25) is 11.8 Å². The van der Waals surface area contributed by atoms with Gasteiger partial charge in [0.25, 0.3) is 0 Å². The first-order valence-corrected chi connectivity index (χ1v) is 7.21. The molecule has 1 heterocycles. The first kappa shape index (κ1) is 17.7. The van der Waals surface area contributed by atoms with Crippen LogP contribution >= 0.6 is 0 Å². The highest BCUT2D eigenvalue weighted by Crippen LogP contribution is 2.26. The van der Waals surface area contributed by atoms with E-state index in [1.54, 1.807) is 0 Å². The fourth-order valence-electron chi connectivity index (χ4n) is 2.21. The van der Waals surface area contributed by atoms with Crippen LogP contribution in [0, 0.1) is 12.3 Å². The molecule has 1 fully saturated rings. The molecule has 118 valence electrons. The molecule has 0 atom stereocenters. The van der Waals surface area contributed by atoms with Crippen LogP contribution in [-0.4, -0.2) is 47.7 Å². The van der Waals surface area contributed by atoms with Crippen molar-refractivity contribution in [3.8, 4) is 12.3 Å². The number of amides is 2. The van der Waals surface area contributed by atoms with E-state index in [2.05, 4.69) is 5.92 Å². The first-order valence-electron chi connectivity index (χ1n) is 7.21. The maximum Gasteiger partial charge on any atom is 0.230 e. The molecular formula is C16H25NO4. The number of likely N-dealkylation sites (tertiary alicyclic amines) is 1. The summed E-state index contributed by atoms with van der Waals surface area (Å²) >= 11 is 0. The fourth-order valence-corrected chi connectivity index (χ4v) is 2.21. The van der Waals surface area contributed by atoms with Gasteiger partial charge in [-0.15, -0.1) is 6.42 Å². The Morgan fingerprint density at radius 2 is 1.76 bits per heavy atom. The molecule has 0 aromatic heterocycles. The summed E-state index contributed by atoms with van der Waals surface area (Å²) in [6.07, 6.45) is 6.40. The van der Waals surface area contributed by atoms with E-state index in [4.69, 9.17) is 15.9 Å². The highest BCUT2D eigenvalue weighted by atomic mass is 16.5. The van der Waals surface area contributed by atoms with Gasteiger partial charge in [-0.3, -0.25) is 14.5 Å². The van der Waals surface area contributed by atoms with Gasteiger partial charge in [-0.25, -0.2) is 0 Å². The average Bonchev–Trinajstić information content (AvgIpc) is 2.73. The van der Waals surface area contributed by atoms with E-state index in [0.29, 0.717) is 39.1 Å². The number of terminal acetylenes is 1. The second kappa shape index (κ2) is 7.06. The molecule has 0 saturated carbocycles. The Morgan fingerprint density at radius 1 is 1.19 bits per heavy atom. The number of hydrogen-bond acceptors (Lipinski definition) is 4. The molecule has 0 bridgehead atoms. The van der Waals surface area contributed by atoms with Crippen LogP contribution < -0.4 is 0 Å². The largest absolute Gasteiger partial charge is 0.373 e. The quantitative estimate of drug-likeness (QED) is 0.389. The number of nitrogens with zero attached hydrogens (tertiary/aromatic N) is 1. The van der Waals surface area contributed by atoms with E-state index in [9.17, 15) is 9.59 Å². The van der Waals surface area contributed by atoms with E-state index in [1.807, 2.05) is 27.7 Å². The third-order valence-electron chi connectivity index (χ3n) is 3.51. The molecule has 2 amide bonds. The topological polar surface area (TPSA) is 55.8 Å². The first-order chi connectivity index (χ1) is 9.69. The zero-order valence-corrected chi connectivity index (χ0v) is 13.4. The van der Waals surface area contributed by atoms with Gasteiger partial charge in [0, 0.05) is 12.8 Å². The molecular weight excluding hydrogens is 270 g/mol. The number of rotatable bonds is 8. The predicted molar refractivity (Wildman–Crippen MR) is 79.5 cm³/mol. The molecule has 0 N–H and O–H groups in total. The lowest BCUT2D eigenvalue weighted by Gasteiger charge is -2.37. The van der Waals surface area contributed by atoms with Crippen LogP contribution in [0.4, 0.5) is 0 Å². The molecule has 5 heteroatoms. The zero-order chi connectivity index (χ0) is 16.1. The summed E-state index contributed by atoms with van der Waals surface area (Å²) in [7, 11) is 0. The third kappa shape index (κ3) is 5.14. The van der Waals surface area contributed by atoms with Gasteiger partial charge in [0.05, 0.1) is 24.4 Å². The number of imide groups is 1. The number of hydrogen-bond donors (Lipinski definition) is 0. The smallest absolute Gasteiger partial charge is 0.230 e. The van der Waals surface area contributed by atoms with E-state index in [0.717, 1.165) is 0 Å². The van der Waals surface area contributed by atoms with Gasteiger partial charge in [-0.2, -0.15) is 0 Å². The maximum atomic E-state index is 11.8. The summed E-state index contributed by atoms with van der Waals surface area (Å²) in [5, 5.41) is 0. The van der Waals surface area contributed by atoms with Crippen LogP contribution in [-0.2, 0) is 19.1 Å². The molecule has 5 nitrogen and oxygen atoms in total. The minimum absolute atomic E-state index is 0.122. The van der Waals surface area contributed by atoms with Gasteiger partial charge in [-0.05, 0) is 34.1 Å². The molecule has 0 aromatic rings. The number of carbonyl (C=O) groups is 2. The summed E-state index contributed by atoms with van der Waals surface area (Å²) < 4.78 is 11.2. The average molecular weight is 295 g/mol. The van der Waals surface area contributed by atoms with E-state index in [1.165, 1.54) is 4.90 Å². The number of carbonyl (C=O) groups excluding carboxylic acids is 2.